The van der Waals surface area contributed by atoms with E-state index < -0.39 is 0 Å². The molecule has 2 atom stereocenters. The second-order valence-corrected chi connectivity index (χ2v) is 5.59. The molecular formula is C20H22O4. The van der Waals surface area contributed by atoms with Gasteiger partial charge in [0.05, 0.1) is 27.1 Å². The predicted molar refractivity (Wildman–Crippen MR) is 91.6 cm³/mol. The minimum atomic E-state index is -0.297. The third kappa shape index (κ3) is 4.69. The van der Waals surface area contributed by atoms with Crippen LogP contribution < -0.4 is 0 Å². The van der Waals surface area contributed by atoms with Crippen molar-refractivity contribution in [1.29, 1.82) is 0 Å². The molecule has 2 rings (SSSR count). The highest BCUT2D eigenvalue weighted by Gasteiger charge is 2.29. The molecule has 4 heteroatoms. The smallest absolute Gasteiger partial charge is 0.306 e. The topological polar surface area (TPSA) is 52.6 Å². The standard InChI is InChI=1S/C20H22O4/c1-23-19(21)13-17(15-9-5-3-6-10-15)18(14-20(22)24-2)16-11-7-4-8-12-16/h3-12,17-18H,13-14H2,1-2H3/t17-,18-/m0/s1. The van der Waals surface area contributed by atoms with Crippen LogP contribution in [0.1, 0.15) is 35.8 Å². The Bertz CT molecular complexity index is 592. The Hall–Kier alpha value is -2.62. The van der Waals surface area contributed by atoms with Gasteiger partial charge < -0.3 is 9.47 Å². The largest absolute Gasteiger partial charge is 0.469 e. The van der Waals surface area contributed by atoms with Crippen LogP contribution in [0, 0.1) is 0 Å². The van der Waals surface area contributed by atoms with Crippen LogP contribution in [0.25, 0.3) is 0 Å². The van der Waals surface area contributed by atoms with Crippen molar-refractivity contribution in [2.45, 2.75) is 24.7 Å². The number of rotatable bonds is 7. The summed E-state index contributed by atoms with van der Waals surface area (Å²) in [4.78, 5) is 23.9. The predicted octanol–water partition coefficient (Wildman–Crippen LogP) is 3.68. The summed E-state index contributed by atoms with van der Waals surface area (Å²) in [5.41, 5.74) is 2.00. The molecule has 0 heterocycles. The molecule has 0 saturated heterocycles. The molecule has 126 valence electrons. The quantitative estimate of drug-likeness (QED) is 0.728. The molecule has 0 radical (unpaired) electrons. The summed E-state index contributed by atoms with van der Waals surface area (Å²) in [6.45, 7) is 0. The molecule has 0 bridgehead atoms. The van der Waals surface area contributed by atoms with Crippen molar-refractivity contribution in [3.63, 3.8) is 0 Å². The molecule has 0 amide bonds. The summed E-state index contributed by atoms with van der Waals surface area (Å²) in [5.74, 6) is -0.926. The van der Waals surface area contributed by atoms with Crippen LogP contribution in [0.2, 0.25) is 0 Å². The van der Waals surface area contributed by atoms with E-state index in [0.29, 0.717) is 0 Å². The molecule has 0 aromatic heterocycles. The van der Waals surface area contributed by atoms with Crippen LogP contribution in [-0.4, -0.2) is 26.2 Å². The fourth-order valence-corrected chi connectivity index (χ4v) is 2.91. The van der Waals surface area contributed by atoms with Crippen molar-refractivity contribution in [3.8, 4) is 0 Å². The lowest BCUT2D eigenvalue weighted by Crippen LogP contribution is -2.20. The zero-order valence-corrected chi connectivity index (χ0v) is 14.0. The maximum atomic E-state index is 11.9. The number of hydrogen-bond acceptors (Lipinski definition) is 4. The van der Waals surface area contributed by atoms with E-state index in [0.717, 1.165) is 11.1 Å². The zero-order valence-electron chi connectivity index (χ0n) is 14.0. The van der Waals surface area contributed by atoms with Crippen LogP contribution in [0.4, 0.5) is 0 Å². The third-order valence-electron chi connectivity index (χ3n) is 4.17. The van der Waals surface area contributed by atoms with E-state index in [-0.39, 0.29) is 36.6 Å². The van der Waals surface area contributed by atoms with Gasteiger partial charge in [0.25, 0.3) is 0 Å². The molecular weight excluding hydrogens is 304 g/mol. The van der Waals surface area contributed by atoms with E-state index >= 15 is 0 Å². The Morgan fingerprint density at radius 3 is 1.33 bits per heavy atom. The molecule has 0 spiro atoms. The molecule has 0 aliphatic rings. The first-order valence-corrected chi connectivity index (χ1v) is 7.89. The van der Waals surface area contributed by atoms with Crippen LogP contribution in [0.15, 0.2) is 60.7 Å². The SMILES string of the molecule is COC(=O)C[C@@H](c1ccccc1)[C@@H](CC(=O)OC)c1ccccc1. The van der Waals surface area contributed by atoms with Crippen molar-refractivity contribution in [1.82, 2.24) is 0 Å². The lowest BCUT2D eigenvalue weighted by molar-refractivity contribution is -0.143. The number of esters is 2. The normalized spacial score (nSPS) is 12.9. The number of carbonyl (C=O) groups is 2. The Labute approximate surface area is 142 Å². The fourth-order valence-electron chi connectivity index (χ4n) is 2.91. The summed E-state index contributed by atoms with van der Waals surface area (Å²) >= 11 is 0. The Balaban J connectivity index is 2.42. The van der Waals surface area contributed by atoms with Crippen molar-refractivity contribution >= 4 is 11.9 Å². The van der Waals surface area contributed by atoms with E-state index in [4.69, 9.17) is 9.47 Å². The average molecular weight is 326 g/mol. The lowest BCUT2D eigenvalue weighted by atomic mass is 9.77. The number of ether oxygens (including phenoxy) is 2. The molecule has 0 aliphatic carbocycles. The number of methoxy groups -OCH3 is 2. The molecule has 0 saturated carbocycles. The van der Waals surface area contributed by atoms with Gasteiger partial charge in [-0.25, -0.2) is 0 Å². The van der Waals surface area contributed by atoms with Crippen LogP contribution in [0.5, 0.6) is 0 Å². The summed E-state index contributed by atoms with van der Waals surface area (Å²) in [6.07, 6.45) is 0.411. The van der Waals surface area contributed by atoms with Gasteiger partial charge in [0.15, 0.2) is 0 Å². The minimum absolute atomic E-state index is 0.167. The van der Waals surface area contributed by atoms with Gasteiger partial charge in [0, 0.05) is 11.8 Å². The zero-order chi connectivity index (χ0) is 17.4. The minimum Gasteiger partial charge on any atom is -0.469 e. The molecule has 0 N–H and O–H groups in total. The van der Waals surface area contributed by atoms with Crippen molar-refractivity contribution in [2.24, 2.45) is 0 Å². The number of carbonyl (C=O) groups excluding carboxylic acids is 2. The second kappa shape index (κ2) is 8.87. The van der Waals surface area contributed by atoms with E-state index in [1.807, 2.05) is 60.7 Å². The van der Waals surface area contributed by atoms with Crippen LogP contribution >= 0.6 is 0 Å². The monoisotopic (exact) mass is 326 g/mol. The van der Waals surface area contributed by atoms with Gasteiger partial charge in [0.1, 0.15) is 0 Å². The van der Waals surface area contributed by atoms with E-state index in [1.54, 1.807) is 0 Å². The van der Waals surface area contributed by atoms with E-state index in [1.165, 1.54) is 14.2 Å². The van der Waals surface area contributed by atoms with Gasteiger partial charge in [-0.3, -0.25) is 9.59 Å². The first kappa shape index (κ1) is 17.7. The van der Waals surface area contributed by atoms with Gasteiger partial charge in [-0.05, 0) is 11.1 Å². The molecule has 4 nitrogen and oxygen atoms in total. The second-order valence-electron chi connectivity index (χ2n) is 5.59. The summed E-state index contributed by atoms with van der Waals surface area (Å²) in [7, 11) is 2.75. The van der Waals surface area contributed by atoms with Gasteiger partial charge >= 0.3 is 11.9 Å². The highest BCUT2D eigenvalue weighted by molar-refractivity contribution is 5.73. The van der Waals surface area contributed by atoms with Gasteiger partial charge in [0.2, 0.25) is 0 Å². The van der Waals surface area contributed by atoms with E-state index in [2.05, 4.69) is 0 Å². The van der Waals surface area contributed by atoms with Gasteiger partial charge in [-0.15, -0.1) is 0 Å². The highest BCUT2D eigenvalue weighted by atomic mass is 16.5. The maximum absolute atomic E-state index is 11.9. The van der Waals surface area contributed by atoms with E-state index in [9.17, 15) is 9.59 Å². The maximum Gasteiger partial charge on any atom is 0.306 e. The van der Waals surface area contributed by atoms with Crippen molar-refractivity contribution < 1.29 is 19.1 Å². The molecule has 2 aromatic carbocycles. The summed E-state index contributed by atoms with van der Waals surface area (Å²) in [6, 6.07) is 19.5. The Kier molecular flexibility index (Phi) is 6.55. The lowest BCUT2D eigenvalue weighted by Gasteiger charge is -2.26. The van der Waals surface area contributed by atoms with Crippen molar-refractivity contribution in [2.75, 3.05) is 14.2 Å². The molecule has 0 unspecified atom stereocenters. The first-order valence-electron chi connectivity index (χ1n) is 7.89. The Morgan fingerprint density at radius 2 is 1.04 bits per heavy atom. The first-order chi connectivity index (χ1) is 11.7. The van der Waals surface area contributed by atoms with Crippen LogP contribution in [-0.2, 0) is 19.1 Å². The van der Waals surface area contributed by atoms with Crippen molar-refractivity contribution in [3.05, 3.63) is 71.8 Å². The number of benzene rings is 2. The number of hydrogen-bond donors (Lipinski definition) is 0. The molecule has 2 aromatic rings. The fraction of sp³-hybridized carbons (Fsp3) is 0.300. The molecule has 24 heavy (non-hydrogen) atoms. The molecule has 0 aliphatic heterocycles. The highest BCUT2D eigenvalue weighted by Crippen LogP contribution is 2.38. The van der Waals surface area contributed by atoms with Crippen LogP contribution in [0.3, 0.4) is 0 Å². The third-order valence-corrected chi connectivity index (χ3v) is 4.17. The van der Waals surface area contributed by atoms with Gasteiger partial charge in [-0.1, -0.05) is 60.7 Å². The average Bonchev–Trinajstić information content (AvgIpc) is 2.65. The summed E-state index contributed by atoms with van der Waals surface area (Å²) < 4.78 is 9.73. The molecule has 0 fully saturated rings. The van der Waals surface area contributed by atoms with Gasteiger partial charge in [-0.2, -0.15) is 0 Å². The Morgan fingerprint density at radius 1 is 0.708 bits per heavy atom. The summed E-state index contributed by atoms with van der Waals surface area (Å²) in [5, 5.41) is 0.